The number of Topliss-reactive ketones (excluding diaryl/α,β-unsaturated/α-hetero) is 1. The third kappa shape index (κ3) is 6.27. The molecule has 0 saturated heterocycles. The molecule has 5 heteroatoms. The van der Waals surface area contributed by atoms with E-state index in [0.717, 1.165) is 17.7 Å². The lowest BCUT2D eigenvalue weighted by molar-refractivity contribution is -0.130. The summed E-state index contributed by atoms with van der Waals surface area (Å²) in [5.41, 5.74) is 2.12. The summed E-state index contributed by atoms with van der Waals surface area (Å²) in [4.78, 5) is 26.2. The predicted octanol–water partition coefficient (Wildman–Crippen LogP) is 3.97. The minimum atomic E-state index is -0.0874. The smallest absolute Gasteiger partial charge is 0.223 e. The summed E-state index contributed by atoms with van der Waals surface area (Å²) in [5.74, 6) is 0.597. The lowest BCUT2D eigenvalue weighted by Gasteiger charge is -2.17. The van der Waals surface area contributed by atoms with Crippen molar-refractivity contribution in [1.29, 1.82) is 5.26 Å². The third-order valence-corrected chi connectivity index (χ3v) is 4.14. The second-order valence-electron chi connectivity index (χ2n) is 6.35. The molecule has 0 heterocycles. The van der Waals surface area contributed by atoms with Crippen LogP contribution in [0.3, 0.4) is 0 Å². The standard InChI is InChI=1S/C22H24N2O3/c1-3-14-27-20-10-8-19(9-11-20)21(25)12-13-22(26)24(2)16-18-6-4-17(15-23)5-7-18/h4-11H,3,12-14,16H2,1-2H3. The van der Waals surface area contributed by atoms with Gasteiger partial charge in [-0.25, -0.2) is 0 Å². The molecule has 0 aliphatic rings. The van der Waals surface area contributed by atoms with E-state index in [9.17, 15) is 9.59 Å². The van der Waals surface area contributed by atoms with Gasteiger partial charge in [-0.05, 0) is 48.4 Å². The number of carbonyl (C=O) groups excluding carboxylic acids is 2. The molecular weight excluding hydrogens is 340 g/mol. The van der Waals surface area contributed by atoms with E-state index in [2.05, 4.69) is 6.07 Å². The van der Waals surface area contributed by atoms with Crippen molar-refractivity contribution in [1.82, 2.24) is 4.90 Å². The first-order chi connectivity index (χ1) is 13.0. The first kappa shape index (κ1) is 20.2. The molecule has 2 rings (SSSR count). The minimum absolute atomic E-state index is 0.0582. The Kier molecular flexibility index (Phi) is 7.57. The maximum absolute atomic E-state index is 12.3. The summed E-state index contributed by atoms with van der Waals surface area (Å²) in [6.07, 6.45) is 1.27. The number of amides is 1. The van der Waals surface area contributed by atoms with Gasteiger partial charge in [-0.1, -0.05) is 19.1 Å². The fraction of sp³-hybridized carbons (Fsp3) is 0.318. The Labute approximate surface area is 160 Å². The average molecular weight is 364 g/mol. The first-order valence-corrected chi connectivity index (χ1v) is 9.02. The van der Waals surface area contributed by atoms with Crippen LogP contribution in [-0.2, 0) is 11.3 Å². The lowest BCUT2D eigenvalue weighted by atomic mass is 10.1. The van der Waals surface area contributed by atoms with Gasteiger partial charge in [-0.15, -0.1) is 0 Å². The summed E-state index contributed by atoms with van der Waals surface area (Å²) < 4.78 is 5.50. The zero-order valence-electron chi connectivity index (χ0n) is 15.8. The Balaban J connectivity index is 1.82. The minimum Gasteiger partial charge on any atom is -0.494 e. The van der Waals surface area contributed by atoms with Crippen LogP contribution in [0.15, 0.2) is 48.5 Å². The second kappa shape index (κ2) is 10.1. The SMILES string of the molecule is CCCOc1ccc(C(=O)CCC(=O)N(C)Cc2ccc(C#N)cc2)cc1. The molecule has 0 aliphatic carbocycles. The van der Waals surface area contributed by atoms with Crippen molar-refractivity contribution >= 4 is 11.7 Å². The van der Waals surface area contributed by atoms with Gasteiger partial charge in [-0.3, -0.25) is 9.59 Å². The molecule has 0 saturated carbocycles. The van der Waals surface area contributed by atoms with Gasteiger partial charge < -0.3 is 9.64 Å². The van der Waals surface area contributed by atoms with Crippen molar-refractivity contribution in [3.8, 4) is 11.8 Å². The van der Waals surface area contributed by atoms with E-state index in [-0.39, 0.29) is 24.5 Å². The van der Waals surface area contributed by atoms with Gasteiger partial charge in [0.25, 0.3) is 0 Å². The summed E-state index contributed by atoms with van der Waals surface area (Å²) in [7, 11) is 1.71. The summed E-state index contributed by atoms with van der Waals surface area (Å²) >= 11 is 0. The maximum Gasteiger partial charge on any atom is 0.223 e. The van der Waals surface area contributed by atoms with E-state index in [4.69, 9.17) is 10.00 Å². The molecule has 0 bridgehead atoms. The number of ether oxygens (including phenoxy) is 1. The van der Waals surface area contributed by atoms with Crippen LogP contribution in [0.4, 0.5) is 0 Å². The van der Waals surface area contributed by atoms with Crippen LogP contribution in [0.5, 0.6) is 5.75 Å². The molecule has 2 aromatic rings. The third-order valence-electron chi connectivity index (χ3n) is 4.14. The van der Waals surface area contributed by atoms with E-state index in [1.165, 1.54) is 0 Å². The first-order valence-electron chi connectivity index (χ1n) is 9.02. The fourth-order valence-electron chi connectivity index (χ4n) is 2.56. The number of nitriles is 1. The molecule has 0 N–H and O–H groups in total. The quantitative estimate of drug-likeness (QED) is 0.631. The molecule has 0 spiro atoms. The molecule has 0 unspecified atom stereocenters. The van der Waals surface area contributed by atoms with Crippen LogP contribution < -0.4 is 4.74 Å². The van der Waals surface area contributed by atoms with Crippen LogP contribution in [0.2, 0.25) is 0 Å². The average Bonchev–Trinajstić information content (AvgIpc) is 2.71. The van der Waals surface area contributed by atoms with Crippen LogP contribution in [0, 0.1) is 11.3 Å². The Hall–Kier alpha value is -3.13. The maximum atomic E-state index is 12.3. The molecule has 0 aromatic heterocycles. The monoisotopic (exact) mass is 364 g/mol. The van der Waals surface area contributed by atoms with Gasteiger partial charge in [0.2, 0.25) is 5.91 Å². The van der Waals surface area contributed by atoms with Gasteiger partial charge in [0, 0.05) is 32.0 Å². The molecule has 27 heavy (non-hydrogen) atoms. The number of benzene rings is 2. The van der Waals surface area contributed by atoms with E-state index < -0.39 is 0 Å². The fourth-order valence-corrected chi connectivity index (χ4v) is 2.56. The van der Waals surface area contributed by atoms with Crippen molar-refractivity contribution in [3.63, 3.8) is 0 Å². The van der Waals surface area contributed by atoms with Gasteiger partial charge in [0.1, 0.15) is 5.75 Å². The zero-order chi connectivity index (χ0) is 19.6. The molecule has 140 valence electrons. The van der Waals surface area contributed by atoms with Crippen molar-refractivity contribution in [2.24, 2.45) is 0 Å². The highest BCUT2D eigenvalue weighted by atomic mass is 16.5. The van der Waals surface area contributed by atoms with Crippen LogP contribution in [0.25, 0.3) is 0 Å². The number of hydrogen-bond acceptors (Lipinski definition) is 4. The van der Waals surface area contributed by atoms with E-state index >= 15 is 0 Å². The zero-order valence-corrected chi connectivity index (χ0v) is 15.8. The summed E-state index contributed by atoms with van der Waals surface area (Å²) in [5, 5.41) is 8.81. The highest BCUT2D eigenvalue weighted by Crippen LogP contribution is 2.15. The molecular formula is C22H24N2O3. The van der Waals surface area contributed by atoms with E-state index in [1.807, 2.05) is 19.1 Å². The Bertz CT molecular complexity index is 805. The van der Waals surface area contributed by atoms with Gasteiger partial charge in [-0.2, -0.15) is 5.26 Å². The number of rotatable bonds is 9. The van der Waals surface area contributed by atoms with Crippen molar-refractivity contribution < 1.29 is 14.3 Å². The molecule has 0 atom stereocenters. The second-order valence-corrected chi connectivity index (χ2v) is 6.35. The Morgan fingerprint density at radius 1 is 1.04 bits per heavy atom. The summed E-state index contributed by atoms with van der Waals surface area (Å²) in [6, 6.07) is 16.2. The van der Waals surface area contributed by atoms with Gasteiger partial charge >= 0.3 is 0 Å². The Morgan fingerprint density at radius 2 is 1.70 bits per heavy atom. The molecule has 2 aromatic carbocycles. The van der Waals surface area contributed by atoms with Gasteiger partial charge in [0.15, 0.2) is 5.78 Å². The molecule has 0 radical (unpaired) electrons. The molecule has 0 aliphatic heterocycles. The van der Waals surface area contributed by atoms with Crippen LogP contribution in [0.1, 0.15) is 47.7 Å². The number of ketones is 1. The highest BCUT2D eigenvalue weighted by Gasteiger charge is 2.13. The lowest BCUT2D eigenvalue weighted by Crippen LogP contribution is -2.26. The Morgan fingerprint density at radius 3 is 2.30 bits per heavy atom. The van der Waals surface area contributed by atoms with E-state index in [1.54, 1.807) is 48.3 Å². The van der Waals surface area contributed by atoms with Crippen LogP contribution in [-0.4, -0.2) is 30.2 Å². The van der Waals surface area contributed by atoms with E-state index in [0.29, 0.717) is 24.3 Å². The molecule has 0 fully saturated rings. The number of hydrogen-bond donors (Lipinski definition) is 0. The van der Waals surface area contributed by atoms with Crippen molar-refractivity contribution in [2.45, 2.75) is 32.7 Å². The van der Waals surface area contributed by atoms with Crippen LogP contribution >= 0.6 is 0 Å². The number of nitrogens with zero attached hydrogens (tertiary/aromatic N) is 2. The number of carbonyl (C=O) groups is 2. The normalized spacial score (nSPS) is 10.1. The molecule has 1 amide bonds. The topological polar surface area (TPSA) is 70.4 Å². The molecule has 5 nitrogen and oxygen atoms in total. The largest absolute Gasteiger partial charge is 0.494 e. The summed E-state index contributed by atoms with van der Waals surface area (Å²) in [6.45, 7) is 3.13. The van der Waals surface area contributed by atoms with Gasteiger partial charge in [0.05, 0.1) is 18.2 Å². The van der Waals surface area contributed by atoms with Crippen molar-refractivity contribution in [3.05, 3.63) is 65.2 Å². The van der Waals surface area contributed by atoms with Crippen molar-refractivity contribution in [2.75, 3.05) is 13.7 Å². The highest BCUT2D eigenvalue weighted by molar-refractivity contribution is 5.98. The predicted molar refractivity (Wildman–Crippen MR) is 103 cm³/mol.